The Morgan fingerprint density at radius 3 is 0.803 bits per heavy atom. The minimum absolute atomic E-state index is 0.000527. The van der Waals surface area contributed by atoms with Crippen molar-refractivity contribution in [1.29, 1.82) is 0 Å². The van der Waals surface area contributed by atoms with E-state index in [1.165, 1.54) is 0 Å². The van der Waals surface area contributed by atoms with Crippen molar-refractivity contribution >= 4 is 384 Å². The van der Waals surface area contributed by atoms with Gasteiger partial charge in [-0.1, -0.05) is 101 Å². The lowest BCUT2D eigenvalue weighted by atomic mass is 9.58. The van der Waals surface area contributed by atoms with Gasteiger partial charge < -0.3 is 4.42 Å². The highest BCUT2D eigenvalue weighted by molar-refractivity contribution is 6.76. The first-order chi connectivity index (χ1) is 33.3. The van der Waals surface area contributed by atoms with Crippen molar-refractivity contribution in [3.8, 4) is 33.4 Å². The van der Waals surface area contributed by atoms with Gasteiger partial charge >= 0.3 is 0 Å². The molecule has 0 saturated heterocycles. The Labute approximate surface area is 443 Å². The summed E-state index contributed by atoms with van der Waals surface area (Å²) in [5.41, 5.74) is 1.29. The summed E-state index contributed by atoms with van der Waals surface area (Å²) in [5.74, 6) is 0. The van der Waals surface area contributed by atoms with Gasteiger partial charge in [-0.2, -0.15) is 0 Å². The highest BCUT2D eigenvalue weighted by atomic mass is 16.3. The highest BCUT2D eigenvalue weighted by Gasteiger charge is 2.29. The number of fused-ring (bicyclic) bond motifs is 8. The Balaban J connectivity index is 1.38. The first-order valence-corrected chi connectivity index (χ1v) is 21.2. The van der Waals surface area contributed by atoms with Crippen molar-refractivity contribution in [3.63, 3.8) is 0 Å². The van der Waals surface area contributed by atoms with Gasteiger partial charge in [-0.15, -0.1) is 54.6 Å². The molecular formula is C46H4B24O. The van der Waals surface area contributed by atoms with Crippen molar-refractivity contribution in [2.45, 2.75) is 0 Å². The molecule has 25 heteroatoms. The molecule has 10 rings (SSSR count). The molecule has 0 aliphatic rings. The molecule has 10 aromatic rings. The van der Waals surface area contributed by atoms with Crippen LogP contribution in [0, 0.1) is 0 Å². The van der Waals surface area contributed by atoms with E-state index in [1.54, 1.807) is 24.3 Å². The second-order valence-corrected chi connectivity index (χ2v) is 17.5. The van der Waals surface area contributed by atoms with E-state index < -0.39 is 0 Å². The van der Waals surface area contributed by atoms with Crippen LogP contribution in [-0.4, -0.2) is 188 Å². The van der Waals surface area contributed by atoms with Gasteiger partial charge in [0.1, 0.15) is 199 Å². The lowest BCUT2D eigenvalue weighted by molar-refractivity contribution is 0.675. The second-order valence-electron chi connectivity index (χ2n) is 17.5. The van der Waals surface area contributed by atoms with Crippen molar-refractivity contribution in [2.24, 2.45) is 0 Å². The smallest absolute Gasteiger partial charge is 0.127 e. The summed E-state index contributed by atoms with van der Waals surface area (Å²) >= 11 is 0. The first kappa shape index (κ1) is 49.9. The quantitative estimate of drug-likeness (QED) is 0.0982. The van der Waals surface area contributed by atoms with Crippen molar-refractivity contribution in [2.75, 3.05) is 0 Å². The van der Waals surface area contributed by atoms with Crippen LogP contribution in [0.3, 0.4) is 0 Å². The van der Waals surface area contributed by atoms with Crippen LogP contribution < -0.4 is 131 Å². The predicted molar refractivity (Wildman–Crippen MR) is 329 cm³/mol. The normalized spacial score (nSPS) is 11.9. The molecule has 0 atom stereocenters. The molecule has 0 spiro atoms. The zero-order chi connectivity index (χ0) is 51.8. The minimum Gasteiger partial charge on any atom is -0.457 e. The van der Waals surface area contributed by atoms with Crippen LogP contribution >= 0.6 is 0 Å². The average Bonchev–Trinajstić information content (AvgIpc) is 3.77. The average molecular weight is 832 g/mol. The summed E-state index contributed by atoms with van der Waals surface area (Å²) in [7, 11) is 161. The number of benzene rings is 9. The maximum Gasteiger partial charge on any atom is 0.127 e. The van der Waals surface area contributed by atoms with Gasteiger partial charge in [0, 0.05) is 10.8 Å². The summed E-state index contributed by atoms with van der Waals surface area (Å²) in [5, 5.41) is 2.21. The molecule has 0 saturated carbocycles. The molecule has 266 valence electrons. The maximum atomic E-state index is 7.22. The molecule has 1 heterocycles. The zero-order valence-electron chi connectivity index (χ0n) is 37.6. The maximum absolute atomic E-state index is 7.22. The van der Waals surface area contributed by atoms with Crippen molar-refractivity contribution < 1.29 is 4.42 Å². The largest absolute Gasteiger partial charge is 0.457 e. The Bertz CT molecular complexity index is 4120. The van der Waals surface area contributed by atoms with E-state index in [0.29, 0.717) is 27.6 Å². The molecular weight excluding hydrogens is 828 g/mol. The lowest BCUT2D eigenvalue weighted by Crippen LogP contribution is -2.51. The Morgan fingerprint density at radius 2 is 0.408 bits per heavy atom. The highest BCUT2D eigenvalue weighted by Crippen LogP contribution is 2.41. The zero-order valence-corrected chi connectivity index (χ0v) is 37.6. The fraction of sp³-hybridized carbons (Fsp3) is 0. The van der Waals surface area contributed by atoms with Gasteiger partial charge in [0.15, 0.2) is 0 Å². The Hall–Kier alpha value is -4.62. The molecule has 0 aliphatic heterocycles. The second kappa shape index (κ2) is 17.0. The van der Waals surface area contributed by atoms with Crippen LogP contribution in [0.15, 0.2) is 28.7 Å². The van der Waals surface area contributed by atoms with E-state index in [-0.39, 0.29) is 202 Å². The SMILES string of the molecule is [B]c1c([B])c([B])c2c(oc3c([B])c([B])c(-c4c5c([B])c([B])c([B])c([B])c5c(-c5ccc(-c6c([B])c7c([B])c([B])c([B])c([B])c7c7c([B])c([B])c([B])c([B])c67)cc5)c5c([B])c([B])c([B])c([B])c45)c([B])c32)c1[B]. The molecule has 1 aromatic heterocycles. The van der Waals surface area contributed by atoms with E-state index >= 15 is 0 Å². The van der Waals surface area contributed by atoms with Gasteiger partial charge in [-0.3, -0.25) is 0 Å². The van der Waals surface area contributed by atoms with E-state index in [0.717, 1.165) is 0 Å². The fourth-order valence-electron chi connectivity index (χ4n) is 10.2. The van der Waals surface area contributed by atoms with E-state index in [1.807, 2.05) is 0 Å². The monoisotopic (exact) mass is 836 g/mol. The Kier molecular flexibility index (Phi) is 11.9. The molecule has 0 unspecified atom stereocenters. The predicted octanol–water partition coefficient (Wildman–Crippen LogP) is -15.7. The van der Waals surface area contributed by atoms with Crippen molar-refractivity contribution in [1.82, 2.24) is 0 Å². The summed E-state index contributed by atoms with van der Waals surface area (Å²) in [6, 6.07) is 6.91. The van der Waals surface area contributed by atoms with Gasteiger partial charge in [-0.25, -0.2) is 0 Å². The summed E-state index contributed by atoms with van der Waals surface area (Å²) < 4.78 is 6.19. The number of hydrogen-bond acceptors (Lipinski definition) is 1. The summed E-state index contributed by atoms with van der Waals surface area (Å²) in [6.07, 6.45) is 0. The third-order valence-electron chi connectivity index (χ3n) is 14.0. The van der Waals surface area contributed by atoms with Gasteiger partial charge in [0.25, 0.3) is 0 Å². The topological polar surface area (TPSA) is 13.1 Å². The van der Waals surface area contributed by atoms with E-state index in [9.17, 15) is 0 Å². The molecule has 48 radical (unpaired) electrons. The van der Waals surface area contributed by atoms with Crippen LogP contribution in [-0.2, 0) is 0 Å². The molecule has 0 bridgehead atoms. The molecule has 0 N–H and O–H groups in total. The Morgan fingerprint density at radius 1 is 0.169 bits per heavy atom. The van der Waals surface area contributed by atoms with Crippen LogP contribution in [0.5, 0.6) is 0 Å². The summed E-state index contributed by atoms with van der Waals surface area (Å²) in [4.78, 5) is 0. The van der Waals surface area contributed by atoms with Crippen LogP contribution in [0.2, 0.25) is 0 Å². The van der Waals surface area contributed by atoms with Gasteiger partial charge in [0.2, 0.25) is 0 Å². The standard InChI is InChI=1S/C46H4B24O/c47-21-8(12-15(28(54)38(64)35(61)25(12)51)16-18(21)30(56)40(66)39(65)29(16)55)6-3-1-5(2-4-6)7-10-13(26(52)36(62)33(59)23(10)49)9(14-11(7)24(50)34(60)37(63)27(14)53)17-22(48)19-20-32(58)41(67)42(68)44(70)46(20)71-45(19)43(69)31(17)57/h1-4H. The molecule has 71 heavy (non-hydrogen) atoms. The summed E-state index contributed by atoms with van der Waals surface area (Å²) in [6.45, 7) is 0. The lowest BCUT2D eigenvalue weighted by Gasteiger charge is -2.30. The molecule has 0 fully saturated rings. The number of rotatable bonds is 3. The van der Waals surface area contributed by atoms with Gasteiger partial charge in [-0.05, 0) is 76.5 Å². The van der Waals surface area contributed by atoms with E-state index in [4.69, 9.17) is 193 Å². The van der Waals surface area contributed by atoms with Gasteiger partial charge in [0.05, 0.1) is 0 Å². The van der Waals surface area contributed by atoms with E-state index in [2.05, 4.69) is 0 Å². The molecule has 0 amide bonds. The van der Waals surface area contributed by atoms with Crippen molar-refractivity contribution in [3.05, 3.63) is 24.3 Å². The third kappa shape index (κ3) is 6.48. The first-order valence-electron chi connectivity index (χ1n) is 21.2. The van der Waals surface area contributed by atoms with Crippen LogP contribution in [0.1, 0.15) is 0 Å². The fourth-order valence-corrected chi connectivity index (χ4v) is 10.2. The molecule has 0 aliphatic carbocycles. The third-order valence-corrected chi connectivity index (χ3v) is 14.0. The molecule has 1 nitrogen and oxygen atoms in total. The van der Waals surface area contributed by atoms with Crippen LogP contribution in [0.4, 0.5) is 0 Å². The van der Waals surface area contributed by atoms with Crippen LogP contribution in [0.25, 0.3) is 98.4 Å². The minimum atomic E-state index is -0.108. The number of hydrogen-bond donors (Lipinski definition) is 0. The number of furan rings is 1. The molecule has 9 aromatic carbocycles.